The second-order valence-electron chi connectivity index (χ2n) is 6.06. The number of rotatable bonds is 6. The number of nitrogens with one attached hydrogen (secondary N) is 2. The number of hydrogen-bond acceptors (Lipinski definition) is 6. The molecule has 1 aliphatic heterocycles. The molecule has 0 spiro atoms. The van der Waals surface area contributed by atoms with Gasteiger partial charge in [-0.3, -0.25) is 19.7 Å². The molecule has 0 bridgehead atoms. The van der Waals surface area contributed by atoms with Gasteiger partial charge in [-0.1, -0.05) is 23.7 Å². The fraction of sp³-hybridized carbons (Fsp3) is 0.150. The molecule has 0 saturated carbocycles. The number of halogens is 1. The molecule has 2 aromatic rings. The normalized spacial score (nSPS) is 14.7. The SMILES string of the molecule is COc1cc(/C=C2\SC(=O)NC2=O)ccc1OCC(=O)Nc1ccc(C)c(Cl)c1. The van der Waals surface area contributed by atoms with E-state index in [0.29, 0.717) is 32.7 Å². The van der Waals surface area contributed by atoms with Crippen LogP contribution in [0.2, 0.25) is 5.02 Å². The highest BCUT2D eigenvalue weighted by Crippen LogP contribution is 2.31. The molecule has 2 N–H and O–H groups in total. The molecular weight excluding hydrogens is 416 g/mol. The third-order valence-electron chi connectivity index (χ3n) is 3.94. The Morgan fingerprint density at radius 2 is 2.00 bits per heavy atom. The van der Waals surface area contributed by atoms with Gasteiger partial charge in [-0.25, -0.2) is 0 Å². The van der Waals surface area contributed by atoms with Gasteiger partial charge in [-0.05, 0) is 60.2 Å². The Kier molecular flexibility index (Phi) is 6.46. The summed E-state index contributed by atoms with van der Waals surface area (Å²) in [6.45, 7) is 1.65. The lowest BCUT2D eigenvalue weighted by Gasteiger charge is -2.12. The molecule has 2 aromatic carbocycles. The van der Waals surface area contributed by atoms with Crippen molar-refractivity contribution in [2.45, 2.75) is 6.92 Å². The summed E-state index contributed by atoms with van der Waals surface area (Å²) in [4.78, 5) is 35.3. The van der Waals surface area contributed by atoms with Crippen LogP contribution in [0.25, 0.3) is 6.08 Å². The molecule has 0 aromatic heterocycles. The van der Waals surface area contributed by atoms with Crippen molar-refractivity contribution < 1.29 is 23.9 Å². The van der Waals surface area contributed by atoms with Gasteiger partial charge in [0.2, 0.25) is 0 Å². The minimum Gasteiger partial charge on any atom is -0.493 e. The maximum Gasteiger partial charge on any atom is 0.290 e. The number of imide groups is 1. The summed E-state index contributed by atoms with van der Waals surface area (Å²) in [6, 6.07) is 10.2. The Bertz CT molecular complexity index is 1020. The molecule has 3 amide bonds. The van der Waals surface area contributed by atoms with E-state index in [1.807, 2.05) is 13.0 Å². The number of hydrogen-bond donors (Lipinski definition) is 2. The summed E-state index contributed by atoms with van der Waals surface area (Å²) in [5.74, 6) is -0.0329. The lowest BCUT2D eigenvalue weighted by atomic mass is 10.2. The van der Waals surface area contributed by atoms with Gasteiger partial charge >= 0.3 is 0 Å². The monoisotopic (exact) mass is 432 g/mol. The smallest absolute Gasteiger partial charge is 0.290 e. The van der Waals surface area contributed by atoms with E-state index in [-0.39, 0.29) is 12.5 Å². The van der Waals surface area contributed by atoms with E-state index in [4.69, 9.17) is 21.1 Å². The summed E-state index contributed by atoms with van der Waals surface area (Å²) < 4.78 is 10.9. The first-order valence-corrected chi connectivity index (χ1v) is 9.67. The molecule has 1 fully saturated rings. The van der Waals surface area contributed by atoms with E-state index >= 15 is 0 Å². The molecular formula is C20H17ClN2O5S. The fourth-order valence-electron chi connectivity index (χ4n) is 2.48. The first-order chi connectivity index (χ1) is 13.9. The highest BCUT2D eigenvalue weighted by Gasteiger charge is 2.25. The Morgan fingerprint density at radius 1 is 1.21 bits per heavy atom. The summed E-state index contributed by atoms with van der Waals surface area (Å²) in [6.07, 6.45) is 1.57. The Balaban J connectivity index is 1.65. The van der Waals surface area contributed by atoms with E-state index in [1.165, 1.54) is 7.11 Å². The average Bonchev–Trinajstić information content (AvgIpc) is 3.00. The van der Waals surface area contributed by atoms with Gasteiger partial charge in [0.1, 0.15) is 0 Å². The number of thioether (sulfide) groups is 1. The van der Waals surface area contributed by atoms with Crippen molar-refractivity contribution in [2.24, 2.45) is 0 Å². The first kappa shape index (κ1) is 20.8. The summed E-state index contributed by atoms with van der Waals surface area (Å²) in [7, 11) is 1.47. The number of carbonyl (C=O) groups is 3. The number of benzene rings is 2. The number of amides is 3. The second-order valence-corrected chi connectivity index (χ2v) is 7.49. The lowest BCUT2D eigenvalue weighted by Crippen LogP contribution is -2.20. The van der Waals surface area contributed by atoms with Crippen molar-refractivity contribution >= 4 is 52.2 Å². The largest absolute Gasteiger partial charge is 0.493 e. The van der Waals surface area contributed by atoms with Gasteiger partial charge in [0.15, 0.2) is 18.1 Å². The zero-order chi connectivity index (χ0) is 21.0. The van der Waals surface area contributed by atoms with Crippen LogP contribution < -0.4 is 20.1 Å². The third kappa shape index (κ3) is 5.30. The van der Waals surface area contributed by atoms with Crippen molar-refractivity contribution in [3.05, 3.63) is 57.5 Å². The molecule has 3 rings (SSSR count). The van der Waals surface area contributed by atoms with Crippen LogP contribution in [0, 0.1) is 6.92 Å². The van der Waals surface area contributed by atoms with Crippen molar-refractivity contribution in [2.75, 3.05) is 19.0 Å². The highest BCUT2D eigenvalue weighted by atomic mass is 35.5. The van der Waals surface area contributed by atoms with Gasteiger partial charge in [-0.15, -0.1) is 0 Å². The Hall–Kier alpha value is -2.97. The van der Waals surface area contributed by atoms with Crippen LogP contribution in [0.4, 0.5) is 10.5 Å². The zero-order valence-electron chi connectivity index (χ0n) is 15.6. The molecule has 1 aliphatic rings. The zero-order valence-corrected chi connectivity index (χ0v) is 17.1. The number of anilines is 1. The minimum absolute atomic E-state index is 0.227. The van der Waals surface area contributed by atoms with Crippen LogP contribution in [-0.2, 0) is 9.59 Å². The van der Waals surface area contributed by atoms with Gasteiger partial charge < -0.3 is 14.8 Å². The average molecular weight is 433 g/mol. The summed E-state index contributed by atoms with van der Waals surface area (Å²) in [5, 5.41) is 5.06. The molecule has 7 nitrogen and oxygen atoms in total. The van der Waals surface area contributed by atoms with Crippen molar-refractivity contribution in [3.8, 4) is 11.5 Å². The van der Waals surface area contributed by atoms with Gasteiger partial charge in [-0.2, -0.15) is 0 Å². The van der Waals surface area contributed by atoms with E-state index < -0.39 is 11.1 Å². The van der Waals surface area contributed by atoms with Crippen molar-refractivity contribution in [1.82, 2.24) is 5.32 Å². The summed E-state index contributed by atoms with van der Waals surface area (Å²) >= 11 is 6.88. The number of carbonyl (C=O) groups excluding carboxylic acids is 3. The summed E-state index contributed by atoms with van der Waals surface area (Å²) in [5.41, 5.74) is 2.14. The molecule has 1 heterocycles. The predicted octanol–water partition coefficient (Wildman–Crippen LogP) is 4.00. The van der Waals surface area contributed by atoms with E-state index in [1.54, 1.807) is 36.4 Å². The molecule has 150 valence electrons. The first-order valence-electron chi connectivity index (χ1n) is 8.47. The van der Waals surface area contributed by atoms with Gasteiger partial charge in [0.05, 0.1) is 12.0 Å². The van der Waals surface area contributed by atoms with Crippen LogP contribution in [0.5, 0.6) is 11.5 Å². The van der Waals surface area contributed by atoms with Gasteiger partial charge in [0.25, 0.3) is 17.1 Å². The molecule has 0 unspecified atom stereocenters. The topological polar surface area (TPSA) is 93.7 Å². The Labute approximate surface area is 176 Å². The van der Waals surface area contributed by atoms with E-state index in [0.717, 1.165) is 17.3 Å². The highest BCUT2D eigenvalue weighted by molar-refractivity contribution is 8.18. The fourth-order valence-corrected chi connectivity index (χ4v) is 3.34. The molecule has 0 aliphatic carbocycles. The Morgan fingerprint density at radius 3 is 2.66 bits per heavy atom. The van der Waals surface area contributed by atoms with Gasteiger partial charge in [0, 0.05) is 10.7 Å². The number of methoxy groups -OCH3 is 1. The predicted molar refractivity (Wildman–Crippen MR) is 112 cm³/mol. The molecule has 0 atom stereocenters. The van der Waals surface area contributed by atoms with Crippen LogP contribution in [0.15, 0.2) is 41.3 Å². The quantitative estimate of drug-likeness (QED) is 0.670. The number of ether oxygens (including phenoxy) is 2. The lowest BCUT2D eigenvalue weighted by molar-refractivity contribution is -0.118. The maximum atomic E-state index is 12.1. The van der Waals surface area contributed by atoms with E-state index in [9.17, 15) is 14.4 Å². The molecule has 1 saturated heterocycles. The van der Waals surface area contributed by atoms with E-state index in [2.05, 4.69) is 10.6 Å². The molecule has 9 heteroatoms. The maximum absolute atomic E-state index is 12.1. The molecule has 29 heavy (non-hydrogen) atoms. The van der Waals surface area contributed by atoms with Crippen LogP contribution in [0.1, 0.15) is 11.1 Å². The number of aryl methyl sites for hydroxylation is 1. The van der Waals surface area contributed by atoms with Crippen molar-refractivity contribution in [1.29, 1.82) is 0 Å². The third-order valence-corrected chi connectivity index (χ3v) is 5.16. The van der Waals surface area contributed by atoms with Crippen LogP contribution in [0.3, 0.4) is 0 Å². The van der Waals surface area contributed by atoms with Crippen LogP contribution >= 0.6 is 23.4 Å². The minimum atomic E-state index is -0.438. The second kappa shape index (κ2) is 9.02. The van der Waals surface area contributed by atoms with Crippen LogP contribution in [-0.4, -0.2) is 30.8 Å². The van der Waals surface area contributed by atoms with Crippen molar-refractivity contribution in [3.63, 3.8) is 0 Å². The standard InChI is InChI=1S/C20H17ClN2O5S/c1-11-3-5-13(9-14(11)21)22-18(24)10-28-15-6-4-12(7-16(15)27-2)8-17-19(25)23-20(26)29-17/h3-9H,10H2,1-2H3,(H,22,24)(H,23,25,26)/b17-8-. The molecule has 0 radical (unpaired) electrons.